The Morgan fingerprint density at radius 2 is 1.64 bits per heavy atom. The first-order valence-corrected chi connectivity index (χ1v) is 11.2. The Kier molecular flexibility index (Phi) is 8.83. The van der Waals surface area contributed by atoms with E-state index in [1.165, 1.54) is 0 Å². The van der Waals surface area contributed by atoms with Gasteiger partial charge in [-0.2, -0.15) is 0 Å². The Morgan fingerprint density at radius 3 is 2.24 bits per heavy atom. The third-order valence-electron chi connectivity index (χ3n) is 5.54. The van der Waals surface area contributed by atoms with Crippen LogP contribution in [0.2, 0.25) is 0 Å². The number of hydrogen-bond donors (Lipinski definition) is 3. The van der Waals surface area contributed by atoms with Gasteiger partial charge in [0.15, 0.2) is 0 Å². The highest BCUT2D eigenvalue weighted by molar-refractivity contribution is 5.85. The largest absolute Gasteiger partial charge is 0.481 e. The molecule has 0 bridgehead atoms. The number of rotatable bonds is 12. The van der Waals surface area contributed by atoms with E-state index in [-0.39, 0.29) is 44.6 Å². The van der Waals surface area contributed by atoms with E-state index < -0.39 is 18.1 Å². The number of alkyl carbamates (subject to hydrolysis) is 1. The molecule has 0 aliphatic heterocycles. The zero-order valence-corrected chi connectivity index (χ0v) is 18.7. The van der Waals surface area contributed by atoms with Gasteiger partial charge in [-0.3, -0.25) is 9.59 Å². The normalized spacial score (nSPS) is 13.0. The van der Waals surface area contributed by atoms with E-state index in [0.717, 1.165) is 22.3 Å². The molecule has 2 aromatic rings. The number of nitrogens with one attached hydrogen (secondary N) is 2. The predicted octanol–water partition coefficient (Wildman–Crippen LogP) is 3.30. The lowest BCUT2D eigenvalue weighted by atomic mass is 9.98. The smallest absolute Gasteiger partial charge is 0.407 e. The molecule has 0 spiro atoms. The molecule has 1 aliphatic rings. The standard InChI is InChI=1S/C25H30N2O6/c1-2-7-22(24(30)26-13-15-32-14-12-23(28)29)27-25(31)33-16-21-19-10-5-3-8-17(19)18-9-4-6-11-20(18)21/h3-6,8-11,21-22H,2,7,12-16H2,1H3,(H,26,30)(H,27,31)(H,28,29)/t22-/m0/s1. The van der Waals surface area contributed by atoms with Gasteiger partial charge in [-0.1, -0.05) is 61.9 Å². The second-order valence-electron chi connectivity index (χ2n) is 7.86. The van der Waals surface area contributed by atoms with Gasteiger partial charge in [0, 0.05) is 12.5 Å². The average molecular weight is 455 g/mol. The molecule has 8 nitrogen and oxygen atoms in total. The lowest BCUT2D eigenvalue weighted by Gasteiger charge is -2.19. The molecule has 0 radical (unpaired) electrons. The van der Waals surface area contributed by atoms with Gasteiger partial charge in [0.1, 0.15) is 12.6 Å². The van der Waals surface area contributed by atoms with Crippen LogP contribution in [0.5, 0.6) is 0 Å². The van der Waals surface area contributed by atoms with Crippen LogP contribution in [-0.4, -0.2) is 55.5 Å². The van der Waals surface area contributed by atoms with Gasteiger partial charge in [0.2, 0.25) is 5.91 Å². The summed E-state index contributed by atoms with van der Waals surface area (Å²) in [6, 6.07) is 15.5. The molecule has 0 aromatic heterocycles. The second kappa shape index (κ2) is 12.0. The van der Waals surface area contributed by atoms with Crippen molar-refractivity contribution in [1.82, 2.24) is 10.6 Å². The number of fused-ring (bicyclic) bond motifs is 3. The zero-order chi connectivity index (χ0) is 23.6. The summed E-state index contributed by atoms with van der Waals surface area (Å²) in [5, 5.41) is 13.9. The molecule has 0 unspecified atom stereocenters. The minimum atomic E-state index is -0.936. The highest BCUT2D eigenvalue weighted by Gasteiger charge is 2.29. The van der Waals surface area contributed by atoms with E-state index in [1.54, 1.807) is 0 Å². The van der Waals surface area contributed by atoms with E-state index in [9.17, 15) is 14.4 Å². The number of hydrogen-bond acceptors (Lipinski definition) is 5. The van der Waals surface area contributed by atoms with Gasteiger partial charge in [-0.05, 0) is 28.7 Å². The second-order valence-corrected chi connectivity index (χ2v) is 7.86. The Bertz CT molecular complexity index is 931. The molecular weight excluding hydrogens is 424 g/mol. The SMILES string of the molecule is CCC[C@H](NC(=O)OCC1c2ccccc2-c2ccccc21)C(=O)NCCOCCC(=O)O. The zero-order valence-electron chi connectivity index (χ0n) is 18.7. The van der Waals surface area contributed by atoms with Crippen LogP contribution in [0, 0.1) is 0 Å². The first-order valence-electron chi connectivity index (χ1n) is 11.2. The Morgan fingerprint density at radius 1 is 1.00 bits per heavy atom. The van der Waals surface area contributed by atoms with E-state index in [0.29, 0.717) is 12.8 Å². The van der Waals surface area contributed by atoms with E-state index in [1.807, 2.05) is 43.3 Å². The topological polar surface area (TPSA) is 114 Å². The molecule has 2 aromatic carbocycles. The van der Waals surface area contributed by atoms with Crippen molar-refractivity contribution in [2.45, 2.75) is 38.1 Å². The van der Waals surface area contributed by atoms with Gasteiger partial charge < -0.3 is 25.2 Å². The number of ether oxygens (including phenoxy) is 2. The third kappa shape index (κ3) is 6.55. The highest BCUT2D eigenvalue weighted by Crippen LogP contribution is 2.44. The number of benzene rings is 2. The fourth-order valence-corrected chi connectivity index (χ4v) is 3.97. The van der Waals surface area contributed by atoms with Crippen LogP contribution < -0.4 is 10.6 Å². The maximum Gasteiger partial charge on any atom is 0.407 e. The van der Waals surface area contributed by atoms with Crippen molar-refractivity contribution in [3.8, 4) is 11.1 Å². The molecule has 0 fully saturated rings. The summed E-state index contributed by atoms with van der Waals surface area (Å²) in [6.07, 6.45) is 0.450. The van der Waals surface area contributed by atoms with Crippen molar-refractivity contribution in [3.05, 3.63) is 59.7 Å². The molecule has 1 atom stereocenters. The van der Waals surface area contributed by atoms with E-state index in [2.05, 4.69) is 22.8 Å². The number of amides is 2. The van der Waals surface area contributed by atoms with Crippen LogP contribution in [-0.2, 0) is 19.1 Å². The van der Waals surface area contributed by atoms with Crippen molar-refractivity contribution in [1.29, 1.82) is 0 Å². The van der Waals surface area contributed by atoms with Gasteiger partial charge >= 0.3 is 12.1 Å². The number of carboxylic acid groups (broad SMARTS) is 1. The van der Waals surface area contributed by atoms with Crippen LogP contribution in [0.4, 0.5) is 4.79 Å². The molecule has 0 heterocycles. The van der Waals surface area contributed by atoms with Gasteiger partial charge in [0.05, 0.1) is 19.6 Å². The number of carbonyl (C=O) groups is 3. The molecular formula is C25H30N2O6. The molecule has 2 amide bonds. The third-order valence-corrected chi connectivity index (χ3v) is 5.54. The Hall–Kier alpha value is -3.39. The quantitative estimate of drug-likeness (QED) is 0.424. The molecule has 3 N–H and O–H groups in total. The summed E-state index contributed by atoms with van der Waals surface area (Å²) in [5.74, 6) is -1.31. The van der Waals surface area contributed by atoms with Crippen molar-refractivity contribution in [2.24, 2.45) is 0 Å². The van der Waals surface area contributed by atoms with Gasteiger partial charge in [-0.15, -0.1) is 0 Å². The first-order chi connectivity index (χ1) is 16.0. The van der Waals surface area contributed by atoms with Crippen LogP contribution in [0.15, 0.2) is 48.5 Å². The molecule has 8 heteroatoms. The summed E-state index contributed by atoms with van der Waals surface area (Å²) < 4.78 is 10.7. The maximum absolute atomic E-state index is 12.5. The molecule has 3 rings (SSSR count). The fourth-order valence-electron chi connectivity index (χ4n) is 3.97. The summed E-state index contributed by atoms with van der Waals surface area (Å²) >= 11 is 0. The fraction of sp³-hybridized carbons (Fsp3) is 0.400. The van der Waals surface area contributed by atoms with Crippen LogP contribution in [0.3, 0.4) is 0 Å². The molecule has 33 heavy (non-hydrogen) atoms. The van der Waals surface area contributed by atoms with Crippen LogP contribution >= 0.6 is 0 Å². The summed E-state index contributed by atoms with van der Waals surface area (Å²) in [7, 11) is 0. The molecule has 0 saturated carbocycles. The lowest BCUT2D eigenvalue weighted by molar-refractivity contribution is -0.138. The van der Waals surface area contributed by atoms with Crippen molar-refractivity contribution >= 4 is 18.0 Å². The van der Waals surface area contributed by atoms with Crippen LogP contribution in [0.1, 0.15) is 43.2 Å². The predicted molar refractivity (Wildman–Crippen MR) is 123 cm³/mol. The molecule has 176 valence electrons. The van der Waals surface area contributed by atoms with Gasteiger partial charge in [0.25, 0.3) is 0 Å². The lowest BCUT2D eigenvalue weighted by Crippen LogP contribution is -2.47. The Labute approximate surface area is 193 Å². The van der Waals surface area contributed by atoms with E-state index in [4.69, 9.17) is 14.6 Å². The summed E-state index contributed by atoms with van der Waals surface area (Å²) in [5.41, 5.74) is 4.54. The van der Waals surface area contributed by atoms with Gasteiger partial charge in [-0.25, -0.2) is 4.79 Å². The molecule has 0 saturated heterocycles. The number of aliphatic carboxylic acids is 1. The average Bonchev–Trinajstić information content (AvgIpc) is 3.13. The monoisotopic (exact) mass is 454 g/mol. The minimum absolute atomic E-state index is 0.0513. The molecule has 1 aliphatic carbocycles. The highest BCUT2D eigenvalue weighted by atomic mass is 16.5. The first kappa shape index (κ1) is 24.3. The van der Waals surface area contributed by atoms with E-state index >= 15 is 0 Å². The van der Waals surface area contributed by atoms with Crippen molar-refractivity contribution < 1.29 is 29.0 Å². The Balaban J connectivity index is 1.50. The maximum atomic E-state index is 12.5. The summed E-state index contributed by atoms with van der Waals surface area (Å²) in [4.78, 5) is 35.4. The van der Waals surface area contributed by atoms with Crippen LogP contribution in [0.25, 0.3) is 11.1 Å². The number of carboxylic acids is 1. The number of carbonyl (C=O) groups excluding carboxylic acids is 2. The van der Waals surface area contributed by atoms with Crippen molar-refractivity contribution in [2.75, 3.05) is 26.4 Å². The minimum Gasteiger partial charge on any atom is -0.481 e. The summed E-state index contributed by atoms with van der Waals surface area (Å²) in [6.45, 7) is 2.61. The van der Waals surface area contributed by atoms with Crippen molar-refractivity contribution in [3.63, 3.8) is 0 Å².